The van der Waals surface area contributed by atoms with Crippen molar-refractivity contribution in [2.24, 2.45) is 17.6 Å². The summed E-state index contributed by atoms with van der Waals surface area (Å²) in [6.07, 6.45) is 4.67. The highest BCUT2D eigenvalue weighted by Crippen LogP contribution is 2.30. The fourth-order valence-electron chi connectivity index (χ4n) is 4.39. The predicted octanol–water partition coefficient (Wildman–Crippen LogP) is 4.56. The van der Waals surface area contributed by atoms with Gasteiger partial charge in [0, 0.05) is 16.9 Å². The Morgan fingerprint density at radius 1 is 1.10 bits per heavy atom. The van der Waals surface area contributed by atoms with Crippen molar-refractivity contribution in [2.45, 2.75) is 38.1 Å². The molecule has 1 amide bonds. The zero-order chi connectivity index (χ0) is 21.6. The summed E-state index contributed by atoms with van der Waals surface area (Å²) < 4.78 is 0. The highest BCUT2D eigenvalue weighted by atomic mass is 32.1. The Morgan fingerprint density at radius 2 is 1.87 bits per heavy atom. The normalized spacial score (nSPS) is 19.6. The second-order valence-corrected chi connectivity index (χ2v) is 9.29. The summed E-state index contributed by atoms with van der Waals surface area (Å²) in [5, 5.41) is 5.88. The molecule has 1 unspecified atom stereocenters. The van der Waals surface area contributed by atoms with Crippen LogP contribution >= 0.6 is 11.3 Å². The minimum absolute atomic E-state index is 0.0718. The van der Waals surface area contributed by atoms with E-state index in [9.17, 15) is 4.79 Å². The number of thiazole rings is 1. The number of carbonyl (C=O) groups excluding carboxylic acids is 1. The number of hydrogen-bond donors (Lipinski definition) is 3. The zero-order valence-corrected chi connectivity index (χ0v) is 18.5. The number of hydrogen-bond acceptors (Lipinski definition) is 5. The smallest absolute Gasteiger partial charge is 0.223 e. The van der Waals surface area contributed by atoms with Crippen LogP contribution in [-0.2, 0) is 11.2 Å². The van der Waals surface area contributed by atoms with Gasteiger partial charge in [0.2, 0.25) is 5.91 Å². The molecule has 1 fully saturated rings. The van der Waals surface area contributed by atoms with Crippen molar-refractivity contribution in [3.63, 3.8) is 0 Å². The fourth-order valence-corrected chi connectivity index (χ4v) is 4.96. The lowest BCUT2D eigenvalue weighted by atomic mass is 9.81. The molecular formula is C25H30N4OS. The van der Waals surface area contributed by atoms with E-state index in [0.29, 0.717) is 11.0 Å². The van der Waals surface area contributed by atoms with Crippen molar-refractivity contribution >= 4 is 22.4 Å². The van der Waals surface area contributed by atoms with Crippen molar-refractivity contribution in [2.75, 3.05) is 12.3 Å². The number of aromatic nitrogens is 1. The molecule has 0 saturated heterocycles. The minimum atomic E-state index is -0.0990. The van der Waals surface area contributed by atoms with Gasteiger partial charge in [0.15, 0.2) is 5.13 Å². The van der Waals surface area contributed by atoms with E-state index in [2.05, 4.69) is 34.6 Å². The number of carbonyl (C=O) groups is 1. The maximum atomic E-state index is 13.2. The molecule has 4 rings (SSSR count). The number of nitrogens with zero attached hydrogens (tertiary/aromatic N) is 1. The Kier molecular flexibility index (Phi) is 6.99. The Hall–Kier alpha value is -2.70. The van der Waals surface area contributed by atoms with Crippen molar-refractivity contribution < 1.29 is 4.79 Å². The summed E-state index contributed by atoms with van der Waals surface area (Å²) in [6.45, 7) is 0.721. The average molecular weight is 435 g/mol. The number of nitrogens with two attached hydrogens (primary N) is 2. The summed E-state index contributed by atoms with van der Waals surface area (Å²) in [5.74, 6) is 0.786. The molecule has 5 N–H and O–H groups in total. The van der Waals surface area contributed by atoms with Crippen LogP contribution in [0.5, 0.6) is 0 Å². The van der Waals surface area contributed by atoms with Gasteiger partial charge in [-0.3, -0.25) is 4.79 Å². The van der Waals surface area contributed by atoms with Crippen molar-refractivity contribution in [1.82, 2.24) is 10.3 Å². The lowest BCUT2D eigenvalue weighted by Gasteiger charge is -2.29. The molecule has 3 aromatic rings. The first-order chi connectivity index (χ1) is 15.1. The predicted molar refractivity (Wildman–Crippen MR) is 127 cm³/mol. The third-order valence-electron chi connectivity index (χ3n) is 6.26. The van der Waals surface area contributed by atoms with Crippen molar-refractivity contribution in [3.05, 3.63) is 71.1 Å². The molecule has 1 saturated carbocycles. The molecule has 6 heteroatoms. The largest absolute Gasteiger partial charge is 0.375 e. The lowest BCUT2D eigenvalue weighted by Crippen LogP contribution is -2.37. The van der Waals surface area contributed by atoms with Crippen LogP contribution in [0.2, 0.25) is 0 Å². The monoisotopic (exact) mass is 434 g/mol. The molecule has 5 nitrogen and oxygen atoms in total. The van der Waals surface area contributed by atoms with Crippen LogP contribution in [-0.4, -0.2) is 17.4 Å². The van der Waals surface area contributed by atoms with E-state index >= 15 is 0 Å². The standard InChI is InChI=1S/C25H30N4OS/c26-15-18-9-11-19(12-10-18)24(30)28-22(13-17-5-2-1-3-6-17)20-7-4-8-21(14-20)23-16-31-25(27)29-23/h1-8,14,16,18-19,22H,9-13,15,26H2,(H2,27,29)(H,28,30). The second-order valence-electron chi connectivity index (χ2n) is 8.40. The zero-order valence-electron chi connectivity index (χ0n) is 17.7. The first-order valence-electron chi connectivity index (χ1n) is 11.0. The molecular weight excluding hydrogens is 404 g/mol. The highest BCUT2D eigenvalue weighted by molar-refractivity contribution is 7.13. The van der Waals surface area contributed by atoms with Gasteiger partial charge in [0.1, 0.15) is 0 Å². The molecule has 31 heavy (non-hydrogen) atoms. The van der Waals surface area contributed by atoms with Crippen LogP contribution in [0.3, 0.4) is 0 Å². The third-order valence-corrected chi connectivity index (χ3v) is 6.93. The molecule has 162 valence electrons. The fraction of sp³-hybridized carbons (Fsp3) is 0.360. The van der Waals surface area contributed by atoms with Gasteiger partial charge in [0.25, 0.3) is 0 Å². The Bertz CT molecular complexity index is 996. The van der Waals surface area contributed by atoms with E-state index in [4.69, 9.17) is 11.5 Å². The van der Waals surface area contributed by atoms with Gasteiger partial charge >= 0.3 is 0 Å². The summed E-state index contributed by atoms with van der Waals surface area (Å²) in [4.78, 5) is 17.6. The number of nitrogen functional groups attached to an aromatic ring is 1. The van der Waals surface area contributed by atoms with Crippen LogP contribution in [0.25, 0.3) is 11.3 Å². The van der Waals surface area contributed by atoms with Gasteiger partial charge in [-0.25, -0.2) is 4.98 Å². The molecule has 1 aliphatic carbocycles. The molecule has 1 atom stereocenters. The third kappa shape index (κ3) is 5.51. The molecule has 0 aliphatic heterocycles. The Labute approximate surface area is 187 Å². The summed E-state index contributed by atoms with van der Waals surface area (Å²) in [7, 11) is 0. The SMILES string of the molecule is NCC1CCC(C(=O)NC(Cc2ccccc2)c2cccc(-c3csc(N)n3)c2)CC1. The molecule has 0 spiro atoms. The average Bonchev–Trinajstić information content (AvgIpc) is 3.26. The number of rotatable bonds is 7. The maximum absolute atomic E-state index is 13.2. The van der Waals surface area contributed by atoms with Crippen LogP contribution in [0, 0.1) is 11.8 Å². The maximum Gasteiger partial charge on any atom is 0.223 e. The molecule has 2 aromatic carbocycles. The summed E-state index contributed by atoms with van der Waals surface area (Å²) in [6, 6.07) is 18.5. The van der Waals surface area contributed by atoms with Crippen molar-refractivity contribution in [3.8, 4) is 11.3 Å². The van der Waals surface area contributed by atoms with Gasteiger partial charge < -0.3 is 16.8 Å². The first kappa shape index (κ1) is 21.5. The number of nitrogens with one attached hydrogen (secondary N) is 1. The molecule has 1 aromatic heterocycles. The van der Waals surface area contributed by atoms with Gasteiger partial charge in [-0.15, -0.1) is 11.3 Å². The highest BCUT2D eigenvalue weighted by Gasteiger charge is 2.27. The number of anilines is 1. The van der Waals surface area contributed by atoms with Crippen LogP contribution in [0.4, 0.5) is 5.13 Å². The number of benzene rings is 2. The van der Waals surface area contributed by atoms with E-state index in [1.54, 1.807) is 0 Å². The van der Waals surface area contributed by atoms with Crippen LogP contribution in [0.1, 0.15) is 42.9 Å². The number of amides is 1. The quantitative estimate of drug-likeness (QED) is 0.508. The van der Waals surface area contributed by atoms with E-state index in [0.717, 1.165) is 55.5 Å². The molecule has 1 heterocycles. The van der Waals surface area contributed by atoms with E-state index in [1.807, 2.05) is 35.7 Å². The lowest BCUT2D eigenvalue weighted by molar-refractivity contribution is -0.127. The van der Waals surface area contributed by atoms with Gasteiger partial charge in [-0.2, -0.15) is 0 Å². The van der Waals surface area contributed by atoms with Gasteiger partial charge in [-0.1, -0.05) is 48.5 Å². The Morgan fingerprint density at radius 3 is 2.55 bits per heavy atom. The first-order valence-corrected chi connectivity index (χ1v) is 11.9. The van der Waals surface area contributed by atoms with E-state index in [-0.39, 0.29) is 17.9 Å². The van der Waals surface area contributed by atoms with E-state index < -0.39 is 0 Å². The molecule has 1 aliphatic rings. The van der Waals surface area contributed by atoms with Crippen LogP contribution < -0.4 is 16.8 Å². The second kappa shape index (κ2) is 10.1. The van der Waals surface area contributed by atoms with Gasteiger partial charge in [-0.05, 0) is 61.8 Å². The molecule has 0 bridgehead atoms. The van der Waals surface area contributed by atoms with Crippen LogP contribution in [0.15, 0.2) is 60.0 Å². The van der Waals surface area contributed by atoms with Crippen molar-refractivity contribution in [1.29, 1.82) is 0 Å². The van der Waals surface area contributed by atoms with E-state index in [1.165, 1.54) is 16.9 Å². The van der Waals surface area contributed by atoms with Gasteiger partial charge in [0.05, 0.1) is 11.7 Å². The minimum Gasteiger partial charge on any atom is -0.375 e. The molecule has 0 radical (unpaired) electrons. The summed E-state index contributed by atoms with van der Waals surface area (Å²) >= 11 is 1.44. The topological polar surface area (TPSA) is 94.0 Å². The summed E-state index contributed by atoms with van der Waals surface area (Å²) in [5.41, 5.74) is 15.8. The Balaban J connectivity index is 1.55.